The minimum atomic E-state index is -3.96. The Morgan fingerprint density at radius 3 is 2.69 bits per heavy atom. The molecule has 2 aliphatic heterocycles. The van der Waals surface area contributed by atoms with Crippen LogP contribution < -0.4 is 5.32 Å². The van der Waals surface area contributed by atoms with Crippen molar-refractivity contribution >= 4 is 22.0 Å². The maximum absolute atomic E-state index is 13.0. The summed E-state index contributed by atoms with van der Waals surface area (Å²) in [5.41, 5.74) is 2.93. The average molecular weight is 558 g/mol. The molecule has 9 nitrogen and oxygen atoms in total. The van der Waals surface area contributed by atoms with E-state index in [0.717, 1.165) is 81.7 Å². The number of hydrogen-bond acceptors (Lipinski definition) is 7. The number of aromatic nitrogens is 2. The first-order chi connectivity index (χ1) is 18.8. The van der Waals surface area contributed by atoms with E-state index >= 15 is 0 Å². The Morgan fingerprint density at radius 1 is 1.18 bits per heavy atom. The second-order valence-corrected chi connectivity index (χ2v) is 13.2. The molecule has 2 aromatic rings. The molecule has 2 fully saturated rings. The van der Waals surface area contributed by atoms with Crippen molar-refractivity contribution < 1.29 is 26.9 Å². The van der Waals surface area contributed by atoms with Crippen LogP contribution in [0.25, 0.3) is 0 Å². The lowest BCUT2D eigenvalue weighted by Crippen LogP contribution is -2.40. The van der Waals surface area contributed by atoms with E-state index in [1.54, 1.807) is 30.3 Å². The van der Waals surface area contributed by atoms with Crippen LogP contribution in [0.3, 0.4) is 0 Å². The van der Waals surface area contributed by atoms with E-state index in [1.807, 2.05) is 6.92 Å². The average Bonchev–Trinajstić information content (AvgIpc) is 3.53. The first-order valence-electron chi connectivity index (χ1n) is 14.3. The third-order valence-corrected chi connectivity index (χ3v) is 10.4. The minimum absolute atomic E-state index is 0.0114. The number of fused-ring (bicyclic) bond motifs is 1. The molecule has 1 saturated carbocycles. The number of amides is 1. The molecule has 1 saturated heterocycles. The fourth-order valence-electron chi connectivity index (χ4n) is 6.40. The van der Waals surface area contributed by atoms with Crippen molar-refractivity contribution in [2.24, 2.45) is 11.3 Å². The van der Waals surface area contributed by atoms with Gasteiger partial charge in [-0.25, -0.2) is 4.79 Å². The van der Waals surface area contributed by atoms with Gasteiger partial charge < -0.3 is 14.2 Å². The number of unbranched alkanes of at least 4 members (excludes halogenated alkanes) is 1. The van der Waals surface area contributed by atoms with Gasteiger partial charge in [-0.1, -0.05) is 38.0 Å². The van der Waals surface area contributed by atoms with Gasteiger partial charge in [-0.3, -0.25) is 9.48 Å². The second-order valence-electron chi connectivity index (χ2n) is 11.3. The van der Waals surface area contributed by atoms with Crippen LogP contribution in [0.15, 0.2) is 30.3 Å². The highest BCUT2D eigenvalue weighted by Crippen LogP contribution is 2.38. The van der Waals surface area contributed by atoms with E-state index in [2.05, 4.69) is 10.00 Å². The van der Waals surface area contributed by atoms with Crippen molar-refractivity contribution in [3.63, 3.8) is 0 Å². The number of carbonyl (C=O) groups is 2. The molecule has 0 radical (unpaired) electrons. The predicted octanol–water partition coefficient (Wildman–Crippen LogP) is 4.05. The van der Waals surface area contributed by atoms with Crippen molar-refractivity contribution in [1.82, 2.24) is 15.1 Å². The molecule has 3 aliphatic rings. The van der Waals surface area contributed by atoms with E-state index in [0.29, 0.717) is 25.8 Å². The van der Waals surface area contributed by atoms with E-state index in [9.17, 15) is 18.0 Å². The third kappa shape index (κ3) is 6.22. The summed E-state index contributed by atoms with van der Waals surface area (Å²) in [4.78, 5) is 25.3. The van der Waals surface area contributed by atoms with Crippen molar-refractivity contribution in [1.29, 1.82) is 0 Å². The Morgan fingerprint density at radius 2 is 1.95 bits per heavy atom. The molecule has 1 spiro atoms. The van der Waals surface area contributed by atoms with E-state index < -0.39 is 21.3 Å². The Kier molecular flexibility index (Phi) is 8.42. The summed E-state index contributed by atoms with van der Waals surface area (Å²) in [7, 11) is -3.96. The number of nitrogens with one attached hydrogen (secondary N) is 1. The van der Waals surface area contributed by atoms with Gasteiger partial charge in [0, 0.05) is 26.3 Å². The zero-order valence-electron chi connectivity index (χ0n) is 22.7. The van der Waals surface area contributed by atoms with Gasteiger partial charge in [0.1, 0.15) is 0 Å². The quantitative estimate of drug-likeness (QED) is 0.365. The molecule has 5 rings (SSSR count). The largest absolute Gasteiger partial charge is 0.381 e. The summed E-state index contributed by atoms with van der Waals surface area (Å²) in [5, 5.41) is 7.37. The van der Waals surface area contributed by atoms with Gasteiger partial charge in [0.2, 0.25) is 0 Å². The van der Waals surface area contributed by atoms with E-state index in [1.165, 1.54) is 0 Å². The summed E-state index contributed by atoms with van der Waals surface area (Å²) in [5.74, 6) is -0.542. The highest BCUT2D eigenvalue weighted by molar-refractivity contribution is 7.87. The standard InChI is InChI=1S/C29H39N3O6S/c1-2-24-26-25(19-29(20-30-27(26)33)13-16-37-17-14-29)32(31-24)15-7-6-8-21-11-12-23(18-21)39(35,36)38-28(34)22-9-4-3-5-10-22/h3-5,9-10,21,23H,2,6-8,11-20H2,1H3,(H,30,33). The van der Waals surface area contributed by atoms with Crippen molar-refractivity contribution in [2.45, 2.75) is 82.9 Å². The highest BCUT2D eigenvalue weighted by Gasteiger charge is 2.40. The number of ether oxygens (including phenoxy) is 1. The van der Waals surface area contributed by atoms with Gasteiger partial charge in [-0.15, -0.1) is 0 Å². The molecular weight excluding hydrogens is 518 g/mol. The first-order valence-corrected chi connectivity index (χ1v) is 15.7. The number of rotatable bonds is 9. The summed E-state index contributed by atoms with van der Waals surface area (Å²) < 4.78 is 38.1. The van der Waals surface area contributed by atoms with Crippen molar-refractivity contribution in [2.75, 3.05) is 19.8 Å². The van der Waals surface area contributed by atoms with Crippen LogP contribution >= 0.6 is 0 Å². The smallest absolute Gasteiger partial charge is 0.353 e. The molecule has 1 amide bonds. The summed E-state index contributed by atoms with van der Waals surface area (Å²) >= 11 is 0. The fraction of sp³-hybridized carbons (Fsp3) is 0.621. The van der Waals surface area contributed by atoms with Crippen LogP contribution in [-0.2, 0) is 38.4 Å². The SMILES string of the molecule is CCc1nn(CCCCC2CCC(S(=O)(=O)OC(=O)c3ccccc3)C2)c2c1C(=O)NCC1(CCOCC1)C2. The molecule has 1 N–H and O–H groups in total. The normalized spacial score (nSPS) is 22.7. The zero-order valence-corrected chi connectivity index (χ0v) is 23.5. The van der Waals surface area contributed by atoms with E-state index in [4.69, 9.17) is 14.0 Å². The molecule has 3 heterocycles. The Hall–Kier alpha value is -2.72. The molecule has 1 aromatic carbocycles. The summed E-state index contributed by atoms with van der Waals surface area (Å²) in [6, 6.07) is 8.21. The predicted molar refractivity (Wildman–Crippen MR) is 146 cm³/mol. The lowest BCUT2D eigenvalue weighted by atomic mass is 9.76. The van der Waals surface area contributed by atoms with Crippen LogP contribution in [0.4, 0.5) is 0 Å². The van der Waals surface area contributed by atoms with Gasteiger partial charge in [0.05, 0.1) is 27.8 Å². The van der Waals surface area contributed by atoms with Crippen molar-refractivity contribution in [3.8, 4) is 0 Å². The lowest BCUT2D eigenvalue weighted by Gasteiger charge is -2.36. The van der Waals surface area contributed by atoms with Gasteiger partial charge in [-0.2, -0.15) is 13.5 Å². The zero-order chi connectivity index (χ0) is 27.5. The molecule has 39 heavy (non-hydrogen) atoms. The maximum atomic E-state index is 13.0. The Labute approximate surface area is 230 Å². The van der Waals surface area contributed by atoms with Gasteiger partial charge in [0.25, 0.3) is 5.91 Å². The monoisotopic (exact) mass is 557 g/mol. The molecule has 212 valence electrons. The molecule has 10 heteroatoms. The maximum Gasteiger partial charge on any atom is 0.353 e. The topological polar surface area (TPSA) is 117 Å². The van der Waals surface area contributed by atoms with Crippen LogP contribution in [0.2, 0.25) is 0 Å². The third-order valence-electron chi connectivity index (χ3n) is 8.75. The molecule has 1 aliphatic carbocycles. The molecule has 2 atom stereocenters. The van der Waals surface area contributed by atoms with Crippen LogP contribution in [0.5, 0.6) is 0 Å². The lowest BCUT2D eigenvalue weighted by molar-refractivity contribution is 0.0152. The van der Waals surface area contributed by atoms with Crippen molar-refractivity contribution in [3.05, 3.63) is 52.8 Å². The van der Waals surface area contributed by atoms with Gasteiger partial charge >= 0.3 is 16.1 Å². The molecule has 0 bridgehead atoms. The van der Waals surface area contributed by atoms with Crippen LogP contribution in [0.1, 0.15) is 90.4 Å². The highest BCUT2D eigenvalue weighted by atomic mass is 32.2. The summed E-state index contributed by atoms with van der Waals surface area (Å²) in [6.07, 6.45) is 8.05. The number of benzene rings is 1. The first kappa shape index (κ1) is 27.8. The number of carbonyl (C=O) groups excluding carboxylic acids is 2. The molecule has 2 unspecified atom stereocenters. The second kappa shape index (κ2) is 11.8. The minimum Gasteiger partial charge on any atom is -0.381 e. The van der Waals surface area contributed by atoms with Gasteiger partial charge in [0.15, 0.2) is 0 Å². The van der Waals surface area contributed by atoms with Crippen LogP contribution in [0, 0.1) is 11.3 Å². The Bertz CT molecular complexity index is 1280. The molecule has 1 aromatic heterocycles. The number of nitrogens with zero attached hydrogens (tertiary/aromatic N) is 2. The van der Waals surface area contributed by atoms with E-state index in [-0.39, 0.29) is 22.8 Å². The number of aryl methyl sites for hydroxylation is 2. The van der Waals surface area contributed by atoms with Gasteiger partial charge in [-0.05, 0) is 74.8 Å². The number of hydrogen-bond donors (Lipinski definition) is 1. The van der Waals surface area contributed by atoms with Crippen LogP contribution in [-0.4, -0.2) is 55.1 Å². The Balaban J connectivity index is 1.15. The molecular formula is C29H39N3O6S. The summed E-state index contributed by atoms with van der Waals surface area (Å²) in [6.45, 7) is 4.91. The fourth-order valence-corrected chi connectivity index (χ4v) is 7.78.